The van der Waals surface area contributed by atoms with Crippen molar-refractivity contribution < 1.29 is 5.11 Å². The Morgan fingerprint density at radius 3 is 2.79 bits per heavy atom. The van der Waals surface area contributed by atoms with Crippen molar-refractivity contribution in [2.24, 2.45) is 7.05 Å². The Hall–Kier alpha value is -1.84. The minimum Gasteiger partial charge on any atom is -0.507 e. The number of aromatic nitrogens is 3. The van der Waals surface area contributed by atoms with Gasteiger partial charge in [0.2, 0.25) is 0 Å². The van der Waals surface area contributed by atoms with Gasteiger partial charge in [-0.1, -0.05) is 11.6 Å². The third kappa shape index (κ3) is 1.35. The molecule has 2 rings (SSSR count). The lowest BCUT2D eigenvalue weighted by Crippen LogP contribution is -1.94. The molecule has 4 nitrogen and oxygen atoms in total. The van der Waals surface area contributed by atoms with Crippen LogP contribution in [0.15, 0.2) is 24.5 Å². The van der Waals surface area contributed by atoms with Gasteiger partial charge in [0.1, 0.15) is 12.1 Å². The maximum atomic E-state index is 9.65. The van der Waals surface area contributed by atoms with Crippen LogP contribution >= 0.6 is 0 Å². The van der Waals surface area contributed by atoms with Crippen LogP contribution in [0.25, 0.3) is 11.4 Å². The van der Waals surface area contributed by atoms with Crippen molar-refractivity contribution in [2.45, 2.75) is 6.92 Å². The highest BCUT2D eigenvalue weighted by Crippen LogP contribution is 2.27. The monoisotopic (exact) mass is 189 g/mol. The summed E-state index contributed by atoms with van der Waals surface area (Å²) in [6, 6.07) is 5.41. The highest BCUT2D eigenvalue weighted by molar-refractivity contribution is 5.64. The van der Waals surface area contributed by atoms with E-state index < -0.39 is 0 Å². The van der Waals surface area contributed by atoms with Crippen LogP contribution in [-0.2, 0) is 7.05 Å². The van der Waals surface area contributed by atoms with Gasteiger partial charge in [0.05, 0.1) is 5.56 Å². The molecule has 0 fully saturated rings. The Kier molecular flexibility index (Phi) is 1.96. The smallest absolute Gasteiger partial charge is 0.161 e. The fourth-order valence-corrected chi connectivity index (χ4v) is 1.37. The van der Waals surface area contributed by atoms with Gasteiger partial charge in [0, 0.05) is 7.05 Å². The molecular formula is C10H11N3O. The van der Waals surface area contributed by atoms with Crippen LogP contribution in [0.3, 0.4) is 0 Å². The number of hydrogen-bond acceptors (Lipinski definition) is 3. The van der Waals surface area contributed by atoms with Crippen LogP contribution < -0.4 is 0 Å². The molecule has 1 N–H and O–H groups in total. The molecule has 0 saturated heterocycles. The first-order valence-corrected chi connectivity index (χ1v) is 4.32. The summed E-state index contributed by atoms with van der Waals surface area (Å²) in [6.07, 6.45) is 1.47. The van der Waals surface area contributed by atoms with Gasteiger partial charge in [-0.15, -0.1) is 0 Å². The van der Waals surface area contributed by atoms with Crippen LogP contribution in [0, 0.1) is 6.92 Å². The maximum absolute atomic E-state index is 9.65. The van der Waals surface area contributed by atoms with E-state index in [0.717, 1.165) is 5.56 Å². The summed E-state index contributed by atoms with van der Waals surface area (Å²) in [6.45, 7) is 1.97. The number of aryl methyl sites for hydroxylation is 2. The molecule has 0 spiro atoms. The zero-order chi connectivity index (χ0) is 10.1. The van der Waals surface area contributed by atoms with Gasteiger partial charge in [-0.25, -0.2) is 9.67 Å². The Morgan fingerprint density at radius 1 is 1.36 bits per heavy atom. The zero-order valence-electron chi connectivity index (χ0n) is 8.10. The zero-order valence-corrected chi connectivity index (χ0v) is 8.10. The largest absolute Gasteiger partial charge is 0.507 e. The minimum absolute atomic E-state index is 0.228. The molecule has 0 aliphatic heterocycles. The van der Waals surface area contributed by atoms with Crippen LogP contribution in [0.2, 0.25) is 0 Å². The summed E-state index contributed by atoms with van der Waals surface area (Å²) in [5.41, 5.74) is 1.80. The van der Waals surface area contributed by atoms with Crippen LogP contribution in [0.4, 0.5) is 0 Å². The van der Waals surface area contributed by atoms with Gasteiger partial charge in [0.25, 0.3) is 0 Å². The molecule has 0 bridgehead atoms. The third-order valence-electron chi connectivity index (χ3n) is 2.10. The van der Waals surface area contributed by atoms with E-state index in [1.807, 2.05) is 19.1 Å². The average Bonchev–Trinajstić information content (AvgIpc) is 2.56. The molecule has 0 aliphatic carbocycles. The number of aromatic hydroxyl groups is 1. The first-order chi connectivity index (χ1) is 6.68. The summed E-state index contributed by atoms with van der Waals surface area (Å²) in [5.74, 6) is 0.901. The van der Waals surface area contributed by atoms with Crippen molar-refractivity contribution in [3.05, 3.63) is 30.1 Å². The molecule has 72 valence electrons. The predicted octanol–water partition coefficient (Wildman–Crippen LogP) is 1.50. The van der Waals surface area contributed by atoms with Crippen molar-refractivity contribution in [3.8, 4) is 17.1 Å². The van der Waals surface area contributed by atoms with Gasteiger partial charge in [-0.05, 0) is 19.1 Å². The fourth-order valence-electron chi connectivity index (χ4n) is 1.37. The van der Waals surface area contributed by atoms with Crippen molar-refractivity contribution >= 4 is 0 Å². The van der Waals surface area contributed by atoms with Crippen molar-refractivity contribution in [1.29, 1.82) is 0 Å². The quantitative estimate of drug-likeness (QED) is 0.739. The first-order valence-electron chi connectivity index (χ1n) is 4.32. The van der Waals surface area contributed by atoms with Crippen LogP contribution in [0.5, 0.6) is 5.75 Å². The van der Waals surface area contributed by atoms with Gasteiger partial charge in [-0.2, -0.15) is 5.10 Å². The van der Waals surface area contributed by atoms with E-state index in [1.54, 1.807) is 17.8 Å². The van der Waals surface area contributed by atoms with Gasteiger partial charge >= 0.3 is 0 Å². The van der Waals surface area contributed by atoms with E-state index in [0.29, 0.717) is 11.4 Å². The standard InChI is InChI=1S/C10H11N3O/c1-7-3-4-9(14)8(5-7)10-11-6-12-13(10)2/h3-6,14H,1-2H3. The Labute approximate surface area is 81.8 Å². The van der Waals surface area contributed by atoms with E-state index in [2.05, 4.69) is 10.1 Å². The van der Waals surface area contributed by atoms with Crippen molar-refractivity contribution in [2.75, 3.05) is 0 Å². The second-order valence-corrected chi connectivity index (χ2v) is 3.23. The van der Waals surface area contributed by atoms with Gasteiger partial charge in [-0.3, -0.25) is 0 Å². The SMILES string of the molecule is Cc1ccc(O)c(-c2ncnn2C)c1. The van der Waals surface area contributed by atoms with Crippen molar-refractivity contribution in [3.63, 3.8) is 0 Å². The maximum Gasteiger partial charge on any atom is 0.161 e. The number of benzene rings is 1. The van der Waals surface area contributed by atoms with Gasteiger partial charge in [0.15, 0.2) is 5.82 Å². The second-order valence-electron chi connectivity index (χ2n) is 3.23. The topological polar surface area (TPSA) is 50.9 Å². The average molecular weight is 189 g/mol. The summed E-state index contributed by atoms with van der Waals surface area (Å²) in [7, 11) is 1.80. The molecule has 14 heavy (non-hydrogen) atoms. The molecule has 0 aliphatic rings. The van der Waals surface area contributed by atoms with Crippen LogP contribution in [0.1, 0.15) is 5.56 Å². The normalized spacial score (nSPS) is 10.4. The summed E-state index contributed by atoms with van der Waals surface area (Å²) >= 11 is 0. The number of nitrogens with zero attached hydrogens (tertiary/aromatic N) is 3. The molecule has 1 aromatic heterocycles. The highest BCUT2D eigenvalue weighted by Gasteiger charge is 2.09. The molecule has 2 aromatic rings. The first kappa shape index (κ1) is 8.74. The van der Waals surface area contributed by atoms with Crippen molar-refractivity contribution in [1.82, 2.24) is 14.8 Å². The molecule has 4 heteroatoms. The minimum atomic E-state index is 0.228. The lowest BCUT2D eigenvalue weighted by atomic mass is 10.1. The Morgan fingerprint density at radius 2 is 2.14 bits per heavy atom. The van der Waals surface area contributed by atoms with E-state index in [4.69, 9.17) is 0 Å². The molecule has 0 amide bonds. The van der Waals surface area contributed by atoms with E-state index in [9.17, 15) is 5.11 Å². The lowest BCUT2D eigenvalue weighted by Gasteiger charge is -2.04. The lowest BCUT2D eigenvalue weighted by molar-refractivity contribution is 0.476. The molecule has 0 saturated carbocycles. The van der Waals surface area contributed by atoms with E-state index >= 15 is 0 Å². The highest BCUT2D eigenvalue weighted by atomic mass is 16.3. The third-order valence-corrected chi connectivity index (χ3v) is 2.10. The fraction of sp³-hybridized carbons (Fsp3) is 0.200. The molecule has 0 radical (unpaired) electrons. The number of phenols is 1. The van der Waals surface area contributed by atoms with E-state index in [1.165, 1.54) is 6.33 Å². The Bertz CT molecular complexity index is 462. The Balaban J connectivity index is 2.62. The molecular weight excluding hydrogens is 178 g/mol. The summed E-state index contributed by atoms with van der Waals surface area (Å²) in [4.78, 5) is 4.08. The predicted molar refractivity (Wildman–Crippen MR) is 52.8 cm³/mol. The van der Waals surface area contributed by atoms with Gasteiger partial charge < -0.3 is 5.11 Å². The summed E-state index contributed by atoms with van der Waals surface area (Å²) < 4.78 is 1.63. The molecule has 1 aromatic carbocycles. The van der Waals surface area contributed by atoms with Crippen LogP contribution in [-0.4, -0.2) is 19.9 Å². The molecule has 0 atom stereocenters. The number of rotatable bonds is 1. The second kappa shape index (κ2) is 3.14. The van der Waals surface area contributed by atoms with E-state index in [-0.39, 0.29) is 5.75 Å². The summed E-state index contributed by atoms with van der Waals surface area (Å²) in [5, 5.41) is 13.6. The molecule has 0 unspecified atom stereocenters. The number of hydrogen-bond donors (Lipinski definition) is 1. The number of phenolic OH excluding ortho intramolecular Hbond substituents is 1. The molecule has 1 heterocycles.